The van der Waals surface area contributed by atoms with Crippen molar-refractivity contribution in [1.82, 2.24) is 15.2 Å². The van der Waals surface area contributed by atoms with Crippen LogP contribution in [0.5, 0.6) is 0 Å². The Morgan fingerprint density at radius 1 is 1.12 bits per heavy atom. The van der Waals surface area contributed by atoms with Crippen LogP contribution in [0.3, 0.4) is 0 Å². The van der Waals surface area contributed by atoms with Gasteiger partial charge in [-0.3, -0.25) is 14.6 Å². The predicted molar refractivity (Wildman–Crippen MR) is 89.9 cm³/mol. The summed E-state index contributed by atoms with van der Waals surface area (Å²) < 4.78 is 0. The van der Waals surface area contributed by atoms with Crippen LogP contribution in [0.1, 0.15) is 16.8 Å². The van der Waals surface area contributed by atoms with Crippen molar-refractivity contribution in [2.24, 2.45) is 0 Å². The summed E-state index contributed by atoms with van der Waals surface area (Å²) in [7, 11) is 0. The predicted octanol–water partition coefficient (Wildman–Crippen LogP) is 1.42. The second-order valence-electron chi connectivity index (χ2n) is 6.04. The summed E-state index contributed by atoms with van der Waals surface area (Å²) in [5, 5.41) is 2.85. The molecule has 0 radical (unpaired) electrons. The number of benzene rings is 1. The van der Waals surface area contributed by atoms with Gasteiger partial charge in [-0.2, -0.15) is 0 Å². The van der Waals surface area contributed by atoms with E-state index in [0.29, 0.717) is 24.2 Å². The first-order valence-electron chi connectivity index (χ1n) is 8.07. The number of imide groups is 1. The van der Waals surface area contributed by atoms with Crippen LogP contribution in [0, 0.1) is 0 Å². The van der Waals surface area contributed by atoms with Crippen molar-refractivity contribution in [3.05, 3.63) is 60.4 Å². The number of likely N-dealkylation sites (tertiary alicyclic amines) is 1. The molecule has 0 bridgehead atoms. The number of fused-ring (bicyclic) bond motifs is 1. The number of anilines is 1. The van der Waals surface area contributed by atoms with E-state index in [4.69, 9.17) is 0 Å². The van der Waals surface area contributed by atoms with E-state index < -0.39 is 12.1 Å². The van der Waals surface area contributed by atoms with Gasteiger partial charge in [0, 0.05) is 18.9 Å². The van der Waals surface area contributed by atoms with Gasteiger partial charge in [-0.1, -0.05) is 18.2 Å². The minimum Gasteiger partial charge on any atom is -0.332 e. The van der Waals surface area contributed by atoms with Gasteiger partial charge in [0.15, 0.2) is 0 Å². The van der Waals surface area contributed by atoms with E-state index in [1.165, 1.54) is 11.1 Å². The molecule has 4 amide bonds. The Balaban J connectivity index is 1.66. The topological polar surface area (TPSA) is 82.6 Å². The van der Waals surface area contributed by atoms with E-state index in [1.807, 2.05) is 6.07 Å². The molecule has 2 aromatic rings. The van der Waals surface area contributed by atoms with Crippen molar-refractivity contribution < 1.29 is 14.4 Å². The molecule has 1 aromatic carbocycles. The number of rotatable bonds is 2. The van der Waals surface area contributed by atoms with Crippen LogP contribution in [0.15, 0.2) is 54.9 Å². The molecular formula is C18H16N4O3. The quantitative estimate of drug-likeness (QED) is 0.899. The number of hydrogen-bond donors (Lipinski definition) is 1. The van der Waals surface area contributed by atoms with Gasteiger partial charge >= 0.3 is 6.03 Å². The lowest BCUT2D eigenvalue weighted by Crippen LogP contribution is -2.65. The molecule has 4 rings (SSSR count). The van der Waals surface area contributed by atoms with Crippen molar-refractivity contribution in [1.29, 1.82) is 0 Å². The Labute approximate surface area is 144 Å². The fourth-order valence-corrected chi connectivity index (χ4v) is 3.41. The number of para-hydroxylation sites is 1. The zero-order valence-electron chi connectivity index (χ0n) is 13.3. The summed E-state index contributed by atoms with van der Waals surface area (Å²) >= 11 is 0. The molecule has 0 saturated carbocycles. The molecular weight excluding hydrogens is 320 g/mol. The average Bonchev–Trinajstić information content (AvgIpc) is 3.06. The highest BCUT2D eigenvalue weighted by Crippen LogP contribution is 2.28. The molecule has 1 N–H and O–H groups in total. The Morgan fingerprint density at radius 3 is 2.64 bits per heavy atom. The highest BCUT2D eigenvalue weighted by molar-refractivity contribution is 6.19. The van der Waals surface area contributed by atoms with Gasteiger partial charge in [0.05, 0.1) is 17.3 Å². The third kappa shape index (κ3) is 2.53. The second kappa shape index (κ2) is 6.01. The van der Waals surface area contributed by atoms with Crippen molar-refractivity contribution in [3.8, 4) is 0 Å². The monoisotopic (exact) mass is 336 g/mol. The molecule has 126 valence electrons. The van der Waals surface area contributed by atoms with Gasteiger partial charge in [-0.15, -0.1) is 0 Å². The minimum atomic E-state index is -0.703. The SMILES string of the molecule is O=C1N[C@@H]2CCN(C(=O)c3cccnc3)[C@H]2C(=O)N1c1ccccc1. The minimum absolute atomic E-state index is 0.252. The van der Waals surface area contributed by atoms with Gasteiger partial charge in [-0.25, -0.2) is 9.69 Å². The Morgan fingerprint density at radius 2 is 1.92 bits per heavy atom. The molecule has 2 saturated heterocycles. The van der Waals surface area contributed by atoms with Crippen molar-refractivity contribution in [2.75, 3.05) is 11.4 Å². The average molecular weight is 336 g/mol. The third-order valence-corrected chi connectivity index (χ3v) is 4.57. The molecule has 0 spiro atoms. The Kier molecular flexibility index (Phi) is 3.68. The maximum atomic E-state index is 13.0. The lowest BCUT2D eigenvalue weighted by Gasteiger charge is -2.36. The lowest BCUT2D eigenvalue weighted by molar-refractivity contribution is -0.122. The summed E-state index contributed by atoms with van der Waals surface area (Å²) in [5.41, 5.74) is 0.920. The number of nitrogens with one attached hydrogen (secondary N) is 1. The molecule has 0 aliphatic carbocycles. The molecule has 2 fully saturated rings. The summed E-state index contributed by atoms with van der Waals surface area (Å²) in [5.74, 6) is -0.632. The van der Waals surface area contributed by atoms with Crippen LogP contribution in [0.4, 0.5) is 10.5 Å². The van der Waals surface area contributed by atoms with E-state index in [9.17, 15) is 14.4 Å². The number of urea groups is 1. The fourth-order valence-electron chi connectivity index (χ4n) is 3.41. The van der Waals surface area contributed by atoms with E-state index in [1.54, 1.807) is 42.6 Å². The highest BCUT2D eigenvalue weighted by atomic mass is 16.2. The zero-order valence-corrected chi connectivity index (χ0v) is 13.3. The molecule has 7 nitrogen and oxygen atoms in total. The van der Waals surface area contributed by atoms with Crippen LogP contribution >= 0.6 is 0 Å². The van der Waals surface area contributed by atoms with Gasteiger partial charge in [-0.05, 0) is 30.7 Å². The maximum Gasteiger partial charge on any atom is 0.329 e. The highest BCUT2D eigenvalue weighted by Gasteiger charge is 2.49. The molecule has 7 heteroatoms. The van der Waals surface area contributed by atoms with Gasteiger partial charge in [0.25, 0.3) is 11.8 Å². The van der Waals surface area contributed by atoms with E-state index in [0.717, 1.165) is 4.90 Å². The van der Waals surface area contributed by atoms with Crippen molar-refractivity contribution in [2.45, 2.75) is 18.5 Å². The van der Waals surface area contributed by atoms with Crippen molar-refractivity contribution >= 4 is 23.5 Å². The Hall–Kier alpha value is -3.22. The lowest BCUT2D eigenvalue weighted by atomic mass is 10.0. The maximum absolute atomic E-state index is 13.0. The molecule has 2 aliphatic rings. The number of carbonyl (C=O) groups is 3. The summed E-state index contributed by atoms with van der Waals surface area (Å²) in [6.07, 6.45) is 3.62. The molecule has 0 unspecified atom stereocenters. The largest absolute Gasteiger partial charge is 0.332 e. The molecule has 3 heterocycles. The number of hydrogen-bond acceptors (Lipinski definition) is 4. The number of carbonyl (C=O) groups excluding carboxylic acids is 3. The van der Waals surface area contributed by atoms with E-state index in [2.05, 4.69) is 10.3 Å². The van der Waals surface area contributed by atoms with Crippen LogP contribution < -0.4 is 10.2 Å². The second-order valence-corrected chi connectivity index (χ2v) is 6.04. The summed E-state index contributed by atoms with van der Waals surface area (Å²) in [6.45, 7) is 0.414. The van der Waals surface area contributed by atoms with Crippen LogP contribution in [0.25, 0.3) is 0 Å². The Bertz CT molecular complexity index is 825. The smallest absolute Gasteiger partial charge is 0.329 e. The first-order chi connectivity index (χ1) is 12.2. The molecule has 2 atom stereocenters. The molecule has 1 aromatic heterocycles. The van der Waals surface area contributed by atoms with Crippen LogP contribution in [0.2, 0.25) is 0 Å². The first-order valence-corrected chi connectivity index (χ1v) is 8.07. The number of nitrogens with zero attached hydrogens (tertiary/aromatic N) is 3. The number of aromatic nitrogens is 1. The molecule has 25 heavy (non-hydrogen) atoms. The standard InChI is InChI=1S/C18H16N4O3/c23-16(12-5-4-9-19-11-12)21-10-8-14-15(21)17(24)22(18(25)20-14)13-6-2-1-3-7-13/h1-7,9,11,14-15H,8,10H2,(H,20,25)/t14-,15-/m1/s1. The summed E-state index contributed by atoms with van der Waals surface area (Å²) in [4.78, 5) is 44.8. The zero-order chi connectivity index (χ0) is 17.4. The molecule has 2 aliphatic heterocycles. The van der Waals surface area contributed by atoms with E-state index >= 15 is 0 Å². The third-order valence-electron chi connectivity index (χ3n) is 4.57. The van der Waals surface area contributed by atoms with Crippen LogP contribution in [-0.4, -0.2) is 46.4 Å². The van der Waals surface area contributed by atoms with Gasteiger partial charge in [0.2, 0.25) is 0 Å². The van der Waals surface area contributed by atoms with Gasteiger partial charge < -0.3 is 10.2 Å². The van der Waals surface area contributed by atoms with Crippen molar-refractivity contribution in [3.63, 3.8) is 0 Å². The fraction of sp³-hybridized carbons (Fsp3) is 0.222. The number of pyridine rings is 1. The number of amides is 4. The normalized spacial score (nSPS) is 22.6. The summed E-state index contributed by atoms with van der Waals surface area (Å²) in [6, 6.07) is 10.6. The first kappa shape index (κ1) is 15.3. The van der Waals surface area contributed by atoms with E-state index in [-0.39, 0.29) is 17.9 Å². The van der Waals surface area contributed by atoms with Gasteiger partial charge in [0.1, 0.15) is 6.04 Å². The van der Waals surface area contributed by atoms with Crippen LogP contribution in [-0.2, 0) is 4.79 Å².